The summed E-state index contributed by atoms with van der Waals surface area (Å²) in [6.07, 6.45) is 0. The summed E-state index contributed by atoms with van der Waals surface area (Å²) >= 11 is 13.9. The molecule has 1 heterocycles. The SMILES string of the molecule is Cc1cc(Cl)c(NCc2ccsc2)cc1Cl. The van der Waals surface area contributed by atoms with E-state index in [1.165, 1.54) is 5.56 Å². The summed E-state index contributed by atoms with van der Waals surface area (Å²) in [5.74, 6) is 0. The second-order valence-corrected chi connectivity index (χ2v) is 5.16. The Kier molecular flexibility index (Phi) is 3.74. The molecule has 0 saturated carbocycles. The van der Waals surface area contributed by atoms with Crippen LogP contribution in [-0.2, 0) is 6.54 Å². The van der Waals surface area contributed by atoms with Gasteiger partial charge in [0.05, 0.1) is 10.7 Å². The lowest BCUT2D eigenvalue weighted by atomic mass is 10.2. The first-order valence-electron chi connectivity index (χ1n) is 4.87. The van der Waals surface area contributed by atoms with Gasteiger partial charge in [-0.1, -0.05) is 23.2 Å². The normalized spacial score (nSPS) is 10.4. The van der Waals surface area contributed by atoms with E-state index in [-0.39, 0.29) is 0 Å². The number of rotatable bonds is 3. The van der Waals surface area contributed by atoms with Crippen molar-refractivity contribution in [3.05, 3.63) is 50.1 Å². The average Bonchev–Trinajstić information content (AvgIpc) is 2.74. The molecule has 1 nitrogen and oxygen atoms in total. The van der Waals surface area contributed by atoms with Gasteiger partial charge in [-0.05, 0) is 47.0 Å². The maximum absolute atomic E-state index is 6.12. The molecule has 0 spiro atoms. The zero-order valence-electron chi connectivity index (χ0n) is 8.76. The lowest BCUT2D eigenvalue weighted by molar-refractivity contribution is 1.16. The monoisotopic (exact) mass is 271 g/mol. The van der Waals surface area contributed by atoms with Crippen molar-refractivity contribution >= 4 is 40.2 Å². The fourth-order valence-electron chi connectivity index (χ4n) is 1.37. The minimum atomic E-state index is 0.706. The summed E-state index contributed by atoms with van der Waals surface area (Å²) in [6, 6.07) is 5.83. The van der Waals surface area contributed by atoms with Crippen LogP contribution in [-0.4, -0.2) is 0 Å². The van der Waals surface area contributed by atoms with E-state index in [1.807, 2.05) is 19.1 Å². The first-order valence-corrected chi connectivity index (χ1v) is 6.57. The molecule has 0 saturated heterocycles. The number of anilines is 1. The molecule has 1 aromatic heterocycles. The standard InChI is InChI=1S/C12H11Cl2NS/c1-8-4-11(14)12(5-10(8)13)15-6-9-2-3-16-7-9/h2-5,7,15H,6H2,1H3. The van der Waals surface area contributed by atoms with Crippen molar-refractivity contribution < 1.29 is 0 Å². The Bertz CT molecular complexity index is 480. The minimum Gasteiger partial charge on any atom is -0.380 e. The quantitative estimate of drug-likeness (QED) is 0.831. The van der Waals surface area contributed by atoms with Gasteiger partial charge in [0.25, 0.3) is 0 Å². The third kappa shape index (κ3) is 2.70. The third-order valence-corrected chi connectivity index (χ3v) is 3.76. The highest BCUT2D eigenvalue weighted by atomic mass is 35.5. The largest absolute Gasteiger partial charge is 0.380 e. The fraction of sp³-hybridized carbons (Fsp3) is 0.167. The van der Waals surface area contributed by atoms with Gasteiger partial charge in [-0.25, -0.2) is 0 Å². The number of aryl methyl sites for hydroxylation is 1. The second kappa shape index (κ2) is 5.09. The van der Waals surface area contributed by atoms with Gasteiger partial charge in [-0.3, -0.25) is 0 Å². The molecule has 0 bridgehead atoms. The molecule has 0 aliphatic heterocycles. The highest BCUT2D eigenvalue weighted by Gasteiger charge is 2.04. The zero-order valence-corrected chi connectivity index (χ0v) is 11.1. The molecule has 0 aliphatic rings. The number of nitrogens with one attached hydrogen (secondary N) is 1. The lowest BCUT2D eigenvalue weighted by Crippen LogP contribution is -1.99. The van der Waals surface area contributed by atoms with Crippen molar-refractivity contribution in [3.8, 4) is 0 Å². The predicted octanol–water partition coefficient (Wildman–Crippen LogP) is 4.98. The van der Waals surface area contributed by atoms with Gasteiger partial charge in [0.2, 0.25) is 0 Å². The Labute approximate surface area is 109 Å². The topological polar surface area (TPSA) is 12.0 Å². The summed E-state index contributed by atoms with van der Waals surface area (Å²) in [6.45, 7) is 2.71. The summed E-state index contributed by atoms with van der Waals surface area (Å²) < 4.78 is 0. The smallest absolute Gasteiger partial charge is 0.0641 e. The first kappa shape index (κ1) is 11.8. The van der Waals surface area contributed by atoms with Crippen LogP contribution in [0.4, 0.5) is 5.69 Å². The maximum Gasteiger partial charge on any atom is 0.0641 e. The number of thiophene rings is 1. The van der Waals surface area contributed by atoms with Gasteiger partial charge in [-0.15, -0.1) is 0 Å². The van der Waals surface area contributed by atoms with E-state index in [0.29, 0.717) is 5.02 Å². The molecule has 0 amide bonds. The van der Waals surface area contributed by atoms with Crippen LogP contribution >= 0.6 is 34.5 Å². The molecular weight excluding hydrogens is 261 g/mol. The van der Waals surface area contributed by atoms with Crippen molar-refractivity contribution in [2.75, 3.05) is 5.32 Å². The van der Waals surface area contributed by atoms with Crippen LogP contribution in [0.15, 0.2) is 29.0 Å². The molecule has 84 valence electrons. The van der Waals surface area contributed by atoms with Crippen molar-refractivity contribution in [1.82, 2.24) is 0 Å². The molecule has 2 aromatic rings. The van der Waals surface area contributed by atoms with Gasteiger partial charge in [-0.2, -0.15) is 11.3 Å². The van der Waals surface area contributed by atoms with Gasteiger partial charge in [0, 0.05) is 11.6 Å². The average molecular weight is 272 g/mol. The van der Waals surface area contributed by atoms with E-state index < -0.39 is 0 Å². The molecule has 0 fully saturated rings. The van der Waals surface area contributed by atoms with Crippen LogP contribution in [0.25, 0.3) is 0 Å². The minimum absolute atomic E-state index is 0.706. The summed E-state index contributed by atoms with van der Waals surface area (Å²) in [5, 5.41) is 8.88. The highest BCUT2D eigenvalue weighted by molar-refractivity contribution is 7.07. The molecule has 2 rings (SSSR count). The van der Waals surface area contributed by atoms with E-state index in [9.17, 15) is 0 Å². The predicted molar refractivity (Wildman–Crippen MR) is 72.8 cm³/mol. The molecule has 0 unspecified atom stereocenters. The van der Waals surface area contributed by atoms with Crippen LogP contribution in [0.1, 0.15) is 11.1 Å². The number of benzene rings is 1. The number of halogens is 2. The second-order valence-electron chi connectivity index (χ2n) is 3.57. The van der Waals surface area contributed by atoms with Crippen molar-refractivity contribution in [2.45, 2.75) is 13.5 Å². The van der Waals surface area contributed by atoms with E-state index in [0.717, 1.165) is 22.8 Å². The molecule has 1 aromatic carbocycles. The van der Waals surface area contributed by atoms with E-state index >= 15 is 0 Å². The molecule has 4 heteroatoms. The Morgan fingerprint density at radius 2 is 2.06 bits per heavy atom. The zero-order chi connectivity index (χ0) is 11.5. The van der Waals surface area contributed by atoms with Gasteiger partial charge < -0.3 is 5.32 Å². The summed E-state index contributed by atoms with van der Waals surface area (Å²) in [7, 11) is 0. The molecule has 0 radical (unpaired) electrons. The Morgan fingerprint density at radius 3 is 2.75 bits per heavy atom. The molecule has 0 atom stereocenters. The Balaban J connectivity index is 2.12. The van der Waals surface area contributed by atoms with Gasteiger partial charge in [0.15, 0.2) is 0 Å². The lowest BCUT2D eigenvalue weighted by Gasteiger charge is -2.09. The molecular formula is C12H11Cl2NS. The highest BCUT2D eigenvalue weighted by Crippen LogP contribution is 2.29. The Hall–Kier alpha value is -0.700. The van der Waals surface area contributed by atoms with Crippen LogP contribution in [0.3, 0.4) is 0 Å². The van der Waals surface area contributed by atoms with Crippen LogP contribution < -0.4 is 5.32 Å². The summed E-state index contributed by atoms with van der Waals surface area (Å²) in [4.78, 5) is 0. The van der Waals surface area contributed by atoms with Gasteiger partial charge >= 0.3 is 0 Å². The van der Waals surface area contributed by atoms with E-state index in [4.69, 9.17) is 23.2 Å². The fourth-order valence-corrected chi connectivity index (χ4v) is 2.49. The number of hydrogen-bond acceptors (Lipinski definition) is 2. The van der Waals surface area contributed by atoms with E-state index in [1.54, 1.807) is 11.3 Å². The third-order valence-electron chi connectivity index (χ3n) is 2.31. The van der Waals surface area contributed by atoms with Crippen molar-refractivity contribution in [1.29, 1.82) is 0 Å². The van der Waals surface area contributed by atoms with Crippen LogP contribution in [0.5, 0.6) is 0 Å². The first-order chi connectivity index (χ1) is 7.66. The van der Waals surface area contributed by atoms with Crippen LogP contribution in [0.2, 0.25) is 10.0 Å². The van der Waals surface area contributed by atoms with Crippen molar-refractivity contribution in [2.24, 2.45) is 0 Å². The van der Waals surface area contributed by atoms with E-state index in [2.05, 4.69) is 22.1 Å². The number of hydrogen-bond donors (Lipinski definition) is 1. The molecule has 1 N–H and O–H groups in total. The molecule has 16 heavy (non-hydrogen) atoms. The maximum atomic E-state index is 6.12. The van der Waals surface area contributed by atoms with Crippen molar-refractivity contribution in [3.63, 3.8) is 0 Å². The Morgan fingerprint density at radius 1 is 1.25 bits per heavy atom. The van der Waals surface area contributed by atoms with Crippen LogP contribution in [0, 0.1) is 6.92 Å². The summed E-state index contributed by atoms with van der Waals surface area (Å²) in [5.41, 5.74) is 3.12. The van der Waals surface area contributed by atoms with Gasteiger partial charge in [0.1, 0.15) is 0 Å². The molecule has 0 aliphatic carbocycles.